The SMILES string of the molecule is CN(C)CC(C)(O)CNC(=O)C1(c2ccccc2)CCC1. The zero-order valence-corrected chi connectivity index (χ0v) is 13.2. The predicted molar refractivity (Wildman–Crippen MR) is 84.2 cm³/mol. The fourth-order valence-electron chi connectivity index (χ4n) is 3.11. The number of nitrogens with zero attached hydrogens (tertiary/aromatic N) is 1. The van der Waals surface area contributed by atoms with E-state index >= 15 is 0 Å². The first-order valence-electron chi connectivity index (χ1n) is 7.57. The van der Waals surface area contributed by atoms with Gasteiger partial charge >= 0.3 is 0 Å². The summed E-state index contributed by atoms with van der Waals surface area (Å²) >= 11 is 0. The van der Waals surface area contributed by atoms with Crippen LogP contribution in [0.1, 0.15) is 31.7 Å². The highest BCUT2D eigenvalue weighted by Gasteiger charge is 2.45. The van der Waals surface area contributed by atoms with Gasteiger partial charge in [-0.3, -0.25) is 4.79 Å². The number of carbonyl (C=O) groups excluding carboxylic acids is 1. The molecule has 0 heterocycles. The van der Waals surface area contributed by atoms with Crippen molar-refractivity contribution in [1.29, 1.82) is 0 Å². The highest BCUT2D eigenvalue weighted by atomic mass is 16.3. The van der Waals surface area contributed by atoms with Crippen molar-refractivity contribution in [2.45, 2.75) is 37.2 Å². The van der Waals surface area contributed by atoms with Crippen LogP contribution < -0.4 is 5.32 Å². The molecule has 1 aliphatic carbocycles. The molecule has 21 heavy (non-hydrogen) atoms. The first kappa shape index (κ1) is 16.0. The molecule has 1 amide bonds. The lowest BCUT2D eigenvalue weighted by molar-refractivity contribution is -0.131. The Morgan fingerprint density at radius 2 is 1.95 bits per heavy atom. The van der Waals surface area contributed by atoms with Gasteiger partial charge in [-0.05, 0) is 39.4 Å². The van der Waals surface area contributed by atoms with E-state index in [1.807, 2.05) is 49.3 Å². The average Bonchev–Trinajstić information content (AvgIpc) is 2.35. The molecule has 4 nitrogen and oxygen atoms in total. The first-order valence-corrected chi connectivity index (χ1v) is 7.57. The van der Waals surface area contributed by atoms with Gasteiger partial charge in [0.05, 0.1) is 11.0 Å². The number of likely N-dealkylation sites (N-methyl/N-ethyl adjacent to an activating group) is 1. The third-order valence-electron chi connectivity index (χ3n) is 4.25. The van der Waals surface area contributed by atoms with Gasteiger partial charge in [-0.25, -0.2) is 0 Å². The van der Waals surface area contributed by atoms with E-state index < -0.39 is 11.0 Å². The van der Waals surface area contributed by atoms with Crippen molar-refractivity contribution in [3.05, 3.63) is 35.9 Å². The van der Waals surface area contributed by atoms with Crippen LogP contribution in [0, 0.1) is 0 Å². The summed E-state index contributed by atoms with van der Waals surface area (Å²) in [4.78, 5) is 14.6. The average molecular weight is 290 g/mol. The second-order valence-electron chi connectivity index (χ2n) is 6.72. The van der Waals surface area contributed by atoms with Gasteiger partial charge in [-0.15, -0.1) is 0 Å². The van der Waals surface area contributed by atoms with Crippen LogP contribution in [0.25, 0.3) is 0 Å². The van der Waals surface area contributed by atoms with E-state index in [9.17, 15) is 9.90 Å². The van der Waals surface area contributed by atoms with Crippen molar-refractivity contribution in [1.82, 2.24) is 10.2 Å². The molecular formula is C17H26N2O2. The summed E-state index contributed by atoms with van der Waals surface area (Å²) in [7, 11) is 3.82. The van der Waals surface area contributed by atoms with E-state index in [2.05, 4.69) is 5.32 Å². The molecule has 2 N–H and O–H groups in total. The minimum Gasteiger partial charge on any atom is -0.387 e. The van der Waals surface area contributed by atoms with Gasteiger partial charge in [0.25, 0.3) is 0 Å². The molecule has 4 heteroatoms. The van der Waals surface area contributed by atoms with Crippen molar-refractivity contribution in [2.24, 2.45) is 0 Å². The Bertz CT molecular complexity index is 479. The van der Waals surface area contributed by atoms with E-state index in [0.29, 0.717) is 6.54 Å². The number of hydrogen-bond donors (Lipinski definition) is 2. The monoisotopic (exact) mass is 290 g/mol. The summed E-state index contributed by atoms with van der Waals surface area (Å²) in [5.74, 6) is 0.0407. The smallest absolute Gasteiger partial charge is 0.230 e. The fraction of sp³-hybridized carbons (Fsp3) is 0.588. The fourth-order valence-corrected chi connectivity index (χ4v) is 3.11. The van der Waals surface area contributed by atoms with Crippen molar-refractivity contribution in [2.75, 3.05) is 27.2 Å². The molecule has 1 aromatic rings. The van der Waals surface area contributed by atoms with Gasteiger partial charge in [0.15, 0.2) is 0 Å². The van der Waals surface area contributed by atoms with Crippen molar-refractivity contribution < 1.29 is 9.90 Å². The molecule has 1 aliphatic rings. The molecule has 116 valence electrons. The molecular weight excluding hydrogens is 264 g/mol. The summed E-state index contributed by atoms with van der Waals surface area (Å²) in [5, 5.41) is 13.3. The number of carbonyl (C=O) groups is 1. The highest BCUT2D eigenvalue weighted by Crippen LogP contribution is 2.43. The molecule has 1 unspecified atom stereocenters. The Morgan fingerprint density at radius 3 is 2.43 bits per heavy atom. The van der Waals surface area contributed by atoms with Crippen LogP contribution in [0.5, 0.6) is 0 Å². The number of benzene rings is 1. The van der Waals surface area contributed by atoms with Crippen LogP contribution in [0.15, 0.2) is 30.3 Å². The Balaban J connectivity index is 2.02. The zero-order chi connectivity index (χ0) is 15.5. The van der Waals surface area contributed by atoms with Gasteiger partial charge in [-0.2, -0.15) is 0 Å². The lowest BCUT2D eigenvalue weighted by Crippen LogP contribution is -2.54. The third-order valence-corrected chi connectivity index (χ3v) is 4.25. The summed E-state index contributed by atoms with van der Waals surface area (Å²) in [5.41, 5.74) is -0.225. The highest BCUT2D eigenvalue weighted by molar-refractivity contribution is 5.89. The van der Waals surface area contributed by atoms with E-state index in [0.717, 1.165) is 24.8 Å². The van der Waals surface area contributed by atoms with Gasteiger partial charge in [0, 0.05) is 13.1 Å². The zero-order valence-electron chi connectivity index (χ0n) is 13.2. The maximum Gasteiger partial charge on any atom is 0.230 e. The molecule has 0 aliphatic heterocycles. The van der Waals surface area contributed by atoms with Gasteiger partial charge in [0.1, 0.15) is 0 Å². The van der Waals surface area contributed by atoms with Gasteiger partial charge < -0.3 is 15.3 Å². The summed E-state index contributed by atoms with van der Waals surface area (Å²) in [6.45, 7) is 2.55. The Labute approximate surface area is 127 Å². The van der Waals surface area contributed by atoms with E-state index in [-0.39, 0.29) is 12.5 Å². The topological polar surface area (TPSA) is 52.6 Å². The van der Waals surface area contributed by atoms with Crippen LogP contribution >= 0.6 is 0 Å². The van der Waals surface area contributed by atoms with Gasteiger partial charge in [-0.1, -0.05) is 36.8 Å². The Morgan fingerprint density at radius 1 is 1.33 bits per heavy atom. The van der Waals surface area contributed by atoms with Crippen LogP contribution in [-0.4, -0.2) is 48.7 Å². The second-order valence-corrected chi connectivity index (χ2v) is 6.72. The molecule has 0 aromatic heterocycles. The Hall–Kier alpha value is -1.39. The standard InChI is InChI=1S/C17H26N2O2/c1-16(21,13-19(2)3)12-18-15(20)17(10-7-11-17)14-8-5-4-6-9-14/h4-6,8-9,21H,7,10-13H2,1-3H3,(H,18,20). The van der Waals surface area contributed by atoms with Crippen LogP contribution in [0.4, 0.5) is 0 Å². The quantitative estimate of drug-likeness (QED) is 0.835. The molecule has 1 aromatic carbocycles. The van der Waals surface area contributed by atoms with Crippen molar-refractivity contribution in [3.63, 3.8) is 0 Å². The van der Waals surface area contributed by atoms with Gasteiger partial charge in [0.2, 0.25) is 5.91 Å². The molecule has 1 saturated carbocycles. The van der Waals surface area contributed by atoms with Crippen LogP contribution in [-0.2, 0) is 10.2 Å². The molecule has 0 radical (unpaired) electrons. The molecule has 2 rings (SSSR count). The third kappa shape index (κ3) is 3.63. The molecule has 0 bridgehead atoms. The normalized spacial score (nSPS) is 19.7. The first-order chi connectivity index (χ1) is 9.86. The second kappa shape index (κ2) is 6.16. The lowest BCUT2D eigenvalue weighted by atomic mass is 9.64. The Kier molecular flexibility index (Phi) is 4.69. The van der Waals surface area contributed by atoms with Crippen molar-refractivity contribution >= 4 is 5.91 Å². The number of aliphatic hydroxyl groups is 1. The van der Waals surface area contributed by atoms with E-state index in [1.165, 1.54) is 0 Å². The summed E-state index contributed by atoms with van der Waals surface area (Å²) in [6.07, 6.45) is 2.85. The number of rotatable bonds is 6. The molecule has 1 fully saturated rings. The largest absolute Gasteiger partial charge is 0.387 e. The number of amides is 1. The number of nitrogens with one attached hydrogen (secondary N) is 1. The summed E-state index contributed by atoms with van der Waals surface area (Å²) < 4.78 is 0. The van der Waals surface area contributed by atoms with Crippen LogP contribution in [0.3, 0.4) is 0 Å². The maximum atomic E-state index is 12.6. The maximum absolute atomic E-state index is 12.6. The molecule has 1 atom stereocenters. The molecule has 0 saturated heterocycles. The molecule has 0 spiro atoms. The van der Waals surface area contributed by atoms with E-state index in [4.69, 9.17) is 0 Å². The van der Waals surface area contributed by atoms with Crippen LogP contribution in [0.2, 0.25) is 0 Å². The number of hydrogen-bond acceptors (Lipinski definition) is 3. The summed E-state index contributed by atoms with van der Waals surface area (Å²) in [6, 6.07) is 9.97. The van der Waals surface area contributed by atoms with E-state index in [1.54, 1.807) is 6.92 Å². The minimum atomic E-state index is -0.916. The van der Waals surface area contributed by atoms with Crippen molar-refractivity contribution in [3.8, 4) is 0 Å². The predicted octanol–water partition coefficient (Wildman–Crippen LogP) is 1.54. The lowest BCUT2D eigenvalue weighted by Gasteiger charge is -2.41. The minimum absolute atomic E-state index is 0.0407.